The zero-order valence-corrected chi connectivity index (χ0v) is 8.76. The molecule has 1 fully saturated rings. The number of hydrogen-bond donors (Lipinski definition) is 0. The van der Waals surface area contributed by atoms with Crippen LogP contribution >= 0.6 is 22.6 Å². The third kappa shape index (κ3) is 2.58. The van der Waals surface area contributed by atoms with Gasteiger partial charge < -0.3 is 4.90 Å². The summed E-state index contributed by atoms with van der Waals surface area (Å²) in [6, 6.07) is 0. The summed E-state index contributed by atoms with van der Waals surface area (Å²) in [5.41, 5.74) is 0. The van der Waals surface area contributed by atoms with Gasteiger partial charge in [0.05, 0.1) is 11.5 Å². The van der Waals surface area contributed by atoms with Crippen molar-refractivity contribution in [2.45, 2.75) is 0 Å². The second-order valence-electron chi connectivity index (χ2n) is 2.39. The van der Waals surface area contributed by atoms with Gasteiger partial charge in [0.15, 0.2) is 9.84 Å². The van der Waals surface area contributed by atoms with Crippen LogP contribution in [0.5, 0.6) is 0 Å². The molecule has 1 heterocycles. The minimum absolute atomic E-state index is 0.0718. The summed E-state index contributed by atoms with van der Waals surface area (Å²) in [6.07, 6.45) is 0. The number of carbonyl (C=O) groups excluding carboxylic acids is 1. The van der Waals surface area contributed by atoms with E-state index in [-0.39, 0.29) is 15.4 Å². The van der Waals surface area contributed by atoms with Crippen LogP contribution in [0, 0.1) is 0 Å². The predicted molar refractivity (Wildman–Crippen MR) is 49.6 cm³/mol. The molecule has 1 rings (SSSR count). The molecule has 0 saturated carbocycles. The lowest BCUT2D eigenvalue weighted by atomic mass is 10.5. The second-order valence-corrected chi connectivity index (χ2v) is 5.62. The molecule has 0 radical (unpaired) electrons. The van der Waals surface area contributed by atoms with Gasteiger partial charge in [-0.05, 0) is 0 Å². The SMILES string of the molecule is O=C(I)N1CCS(=O)(=O)CC1. The molecule has 0 aromatic heterocycles. The molecule has 0 unspecified atom stereocenters. The Morgan fingerprint density at radius 3 is 2.09 bits per heavy atom. The van der Waals surface area contributed by atoms with Gasteiger partial charge in [-0.1, -0.05) is 0 Å². The molecule has 1 amide bonds. The Morgan fingerprint density at radius 2 is 1.73 bits per heavy atom. The number of nitrogens with zero attached hydrogens (tertiary/aromatic N) is 1. The molecule has 6 heteroatoms. The van der Waals surface area contributed by atoms with E-state index < -0.39 is 9.84 Å². The van der Waals surface area contributed by atoms with Gasteiger partial charge in [-0.25, -0.2) is 8.42 Å². The first-order chi connectivity index (χ1) is 5.01. The van der Waals surface area contributed by atoms with Crippen molar-refractivity contribution < 1.29 is 13.2 Å². The second kappa shape index (κ2) is 3.26. The number of sulfone groups is 1. The van der Waals surface area contributed by atoms with Crippen molar-refractivity contribution in [2.24, 2.45) is 0 Å². The van der Waals surface area contributed by atoms with Crippen molar-refractivity contribution >= 4 is 36.3 Å². The normalized spacial score (nSPS) is 23.2. The first kappa shape index (κ1) is 9.24. The highest BCUT2D eigenvalue weighted by molar-refractivity contribution is 14.1. The van der Waals surface area contributed by atoms with Crippen LogP contribution in [0.3, 0.4) is 0 Å². The molecule has 1 aliphatic heterocycles. The van der Waals surface area contributed by atoms with E-state index in [0.29, 0.717) is 13.1 Å². The largest absolute Gasteiger partial charge is 0.332 e. The summed E-state index contributed by atoms with van der Waals surface area (Å²) in [7, 11) is -2.85. The summed E-state index contributed by atoms with van der Waals surface area (Å²) >= 11 is 1.67. The molecule has 0 aromatic rings. The van der Waals surface area contributed by atoms with Gasteiger partial charge in [0.1, 0.15) is 0 Å². The average molecular weight is 289 g/mol. The molecule has 4 nitrogen and oxygen atoms in total. The van der Waals surface area contributed by atoms with Gasteiger partial charge in [0.2, 0.25) is 0 Å². The van der Waals surface area contributed by atoms with Crippen LogP contribution in [0.25, 0.3) is 0 Å². The van der Waals surface area contributed by atoms with Gasteiger partial charge >= 0.3 is 0 Å². The van der Waals surface area contributed by atoms with E-state index in [1.54, 1.807) is 27.5 Å². The third-order valence-electron chi connectivity index (χ3n) is 1.59. The Hall–Kier alpha value is 0.150. The topological polar surface area (TPSA) is 54.5 Å². The summed E-state index contributed by atoms with van der Waals surface area (Å²) in [6.45, 7) is 0.703. The molecule has 0 aliphatic carbocycles. The van der Waals surface area contributed by atoms with E-state index in [2.05, 4.69) is 0 Å². The quantitative estimate of drug-likeness (QED) is 0.365. The highest BCUT2D eigenvalue weighted by Crippen LogP contribution is 2.07. The number of hydrogen-bond acceptors (Lipinski definition) is 3. The number of rotatable bonds is 0. The first-order valence-electron chi connectivity index (χ1n) is 3.16. The average Bonchev–Trinajstić information content (AvgIpc) is 1.86. The molecule has 0 bridgehead atoms. The maximum Gasteiger partial charge on any atom is 0.283 e. The summed E-state index contributed by atoms with van der Waals surface area (Å²) < 4.78 is 21.7. The van der Waals surface area contributed by atoms with Crippen LogP contribution in [0.2, 0.25) is 0 Å². The monoisotopic (exact) mass is 289 g/mol. The summed E-state index contributed by atoms with van der Waals surface area (Å²) in [4.78, 5) is 12.3. The van der Waals surface area contributed by atoms with E-state index in [1.165, 1.54) is 0 Å². The summed E-state index contributed by atoms with van der Waals surface area (Å²) in [5.74, 6) is 0.226. The Labute approximate surface area is 79.0 Å². The fourth-order valence-electron chi connectivity index (χ4n) is 0.888. The molecule has 0 aromatic carbocycles. The van der Waals surface area contributed by atoms with Crippen molar-refractivity contribution in [3.63, 3.8) is 0 Å². The maximum absolute atomic E-state index is 10.9. The minimum atomic E-state index is -2.85. The number of amides is 1. The van der Waals surface area contributed by atoms with E-state index in [0.717, 1.165) is 0 Å². The lowest BCUT2D eigenvalue weighted by Crippen LogP contribution is -2.41. The molecule has 1 saturated heterocycles. The van der Waals surface area contributed by atoms with E-state index in [1.807, 2.05) is 0 Å². The molecule has 0 spiro atoms. The third-order valence-corrected chi connectivity index (χ3v) is 3.88. The molecule has 64 valence electrons. The van der Waals surface area contributed by atoms with E-state index in [4.69, 9.17) is 0 Å². The Balaban J connectivity index is 2.56. The van der Waals surface area contributed by atoms with E-state index >= 15 is 0 Å². The standard InChI is InChI=1S/C5H8INO3S/c6-5(8)7-1-3-11(9,10)4-2-7/h1-4H2. The molecule has 1 aliphatic rings. The summed E-state index contributed by atoms with van der Waals surface area (Å²) in [5, 5.41) is 0. The fraction of sp³-hybridized carbons (Fsp3) is 0.800. The van der Waals surface area contributed by atoms with Gasteiger partial charge in [-0.15, -0.1) is 0 Å². The number of halogens is 1. The molecule has 0 N–H and O–H groups in total. The van der Waals surface area contributed by atoms with Gasteiger partial charge in [-0.3, -0.25) is 4.79 Å². The highest BCUT2D eigenvalue weighted by atomic mass is 127. The Morgan fingerprint density at radius 1 is 1.27 bits per heavy atom. The van der Waals surface area contributed by atoms with Gasteiger partial charge in [-0.2, -0.15) is 0 Å². The lowest BCUT2D eigenvalue weighted by molar-refractivity contribution is 0.230. The fourth-order valence-corrected chi connectivity index (χ4v) is 2.57. The van der Waals surface area contributed by atoms with Crippen LogP contribution in [0.1, 0.15) is 0 Å². The predicted octanol–water partition coefficient (Wildman–Crippen LogP) is 0.272. The molecule has 0 atom stereocenters. The van der Waals surface area contributed by atoms with Crippen molar-refractivity contribution in [3.8, 4) is 0 Å². The number of carbonyl (C=O) groups is 1. The zero-order valence-electron chi connectivity index (χ0n) is 5.79. The van der Waals surface area contributed by atoms with Crippen molar-refractivity contribution in [1.29, 1.82) is 0 Å². The van der Waals surface area contributed by atoms with Crippen LogP contribution in [-0.2, 0) is 9.84 Å². The molecule has 11 heavy (non-hydrogen) atoms. The van der Waals surface area contributed by atoms with Gasteiger partial charge in [0.25, 0.3) is 3.91 Å². The maximum atomic E-state index is 10.9. The van der Waals surface area contributed by atoms with Crippen LogP contribution in [0.15, 0.2) is 0 Å². The van der Waals surface area contributed by atoms with Crippen LogP contribution < -0.4 is 0 Å². The zero-order chi connectivity index (χ0) is 8.48. The van der Waals surface area contributed by atoms with Crippen molar-refractivity contribution in [2.75, 3.05) is 24.6 Å². The smallest absolute Gasteiger partial charge is 0.283 e. The molecular weight excluding hydrogens is 281 g/mol. The van der Waals surface area contributed by atoms with Crippen LogP contribution in [0.4, 0.5) is 4.79 Å². The van der Waals surface area contributed by atoms with E-state index in [9.17, 15) is 13.2 Å². The van der Waals surface area contributed by atoms with Crippen molar-refractivity contribution in [1.82, 2.24) is 4.90 Å². The Kier molecular flexibility index (Phi) is 2.74. The van der Waals surface area contributed by atoms with Crippen LogP contribution in [-0.4, -0.2) is 41.8 Å². The lowest BCUT2D eigenvalue weighted by Gasteiger charge is -2.24. The van der Waals surface area contributed by atoms with Gasteiger partial charge in [0, 0.05) is 35.7 Å². The first-order valence-corrected chi connectivity index (χ1v) is 6.06. The minimum Gasteiger partial charge on any atom is -0.332 e. The Bertz CT molecular complexity index is 247. The highest BCUT2D eigenvalue weighted by Gasteiger charge is 2.23. The van der Waals surface area contributed by atoms with Crippen molar-refractivity contribution in [3.05, 3.63) is 0 Å². The molecular formula is C5H8INO3S.